The Kier molecular flexibility index (Phi) is 4.94. The van der Waals surface area contributed by atoms with Crippen LogP contribution in [0.1, 0.15) is 16.1 Å². The third-order valence-electron chi connectivity index (χ3n) is 4.11. The van der Waals surface area contributed by atoms with Crippen LogP contribution in [-0.2, 0) is 10.9 Å². The van der Waals surface area contributed by atoms with Crippen molar-refractivity contribution in [1.82, 2.24) is 4.98 Å². The third kappa shape index (κ3) is 3.81. The van der Waals surface area contributed by atoms with Crippen LogP contribution < -0.4 is 4.74 Å². The first kappa shape index (κ1) is 18.6. The molecule has 140 valence electrons. The molecule has 0 amide bonds. The zero-order valence-corrected chi connectivity index (χ0v) is 14.6. The lowest BCUT2D eigenvalue weighted by Crippen LogP contribution is -2.05. The van der Waals surface area contributed by atoms with Gasteiger partial charge in [-0.3, -0.25) is 0 Å². The van der Waals surface area contributed by atoms with Crippen LogP contribution in [0.15, 0.2) is 54.6 Å². The van der Waals surface area contributed by atoms with E-state index in [4.69, 9.17) is 9.47 Å². The summed E-state index contributed by atoms with van der Waals surface area (Å²) in [7, 11) is 2.78. The van der Waals surface area contributed by atoms with Crippen LogP contribution in [0.4, 0.5) is 13.2 Å². The molecule has 0 spiro atoms. The zero-order valence-electron chi connectivity index (χ0n) is 14.6. The maximum Gasteiger partial charge on any atom is 0.416 e. The first-order chi connectivity index (χ1) is 12.8. The SMILES string of the molecule is COC(=O)c1[nH]c(-c2cccc(OC)c2)cc1-c1ccc(C(F)(F)F)cc1. The molecule has 1 heterocycles. The van der Waals surface area contributed by atoms with E-state index in [1.165, 1.54) is 19.2 Å². The summed E-state index contributed by atoms with van der Waals surface area (Å²) in [5.74, 6) is 0.0249. The highest BCUT2D eigenvalue weighted by Crippen LogP contribution is 2.34. The Morgan fingerprint density at radius 3 is 2.26 bits per heavy atom. The predicted molar refractivity (Wildman–Crippen MR) is 94.6 cm³/mol. The average Bonchev–Trinajstić information content (AvgIpc) is 3.12. The molecule has 0 saturated carbocycles. The maximum absolute atomic E-state index is 12.8. The van der Waals surface area contributed by atoms with Gasteiger partial charge < -0.3 is 14.5 Å². The standard InChI is InChI=1S/C20H16F3NO3/c1-26-15-5-3-4-13(10-15)17-11-16(18(24-17)19(25)27-2)12-6-8-14(9-7-12)20(21,22)23/h3-11,24H,1-2H3. The summed E-state index contributed by atoms with van der Waals surface area (Å²) in [6, 6.07) is 13.5. The Balaban J connectivity index is 2.08. The lowest BCUT2D eigenvalue weighted by atomic mass is 10.0. The van der Waals surface area contributed by atoms with Gasteiger partial charge in [0.05, 0.1) is 19.8 Å². The van der Waals surface area contributed by atoms with Gasteiger partial charge in [-0.25, -0.2) is 4.79 Å². The summed E-state index contributed by atoms with van der Waals surface area (Å²) in [6.07, 6.45) is -4.42. The van der Waals surface area contributed by atoms with Crippen molar-refractivity contribution < 1.29 is 27.4 Å². The fourth-order valence-electron chi connectivity index (χ4n) is 2.73. The van der Waals surface area contributed by atoms with Gasteiger partial charge in [-0.1, -0.05) is 24.3 Å². The molecule has 3 rings (SSSR count). The van der Waals surface area contributed by atoms with Crippen molar-refractivity contribution in [2.75, 3.05) is 14.2 Å². The molecule has 0 radical (unpaired) electrons. The van der Waals surface area contributed by atoms with Crippen molar-refractivity contribution in [3.63, 3.8) is 0 Å². The van der Waals surface area contributed by atoms with E-state index in [2.05, 4.69) is 4.98 Å². The molecule has 7 heteroatoms. The van der Waals surface area contributed by atoms with Crippen LogP contribution >= 0.6 is 0 Å². The second-order valence-electron chi connectivity index (χ2n) is 5.77. The van der Waals surface area contributed by atoms with Crippen LogP contribution in [0.3, 0.4) is 0 Å². The number of nitrogens with one attached hydrogen (secondary N) is 1. The van der Waals surface area contributed by atoms with Crippen LogP contribution in [0.25, 0.3) is 22.4 Å². The zero-order chi connectivity index (χ0) is 19.6. The number of carbonyl (C=O) groups is 1. The number of aromatic amines is 1. The van der Waals surface area contributed by atoms with Crippen molar-refractivity contribution in [2.45, 2.75) is 6.18 Å². The maximum atomic E-state index is 12.8. The van der Waals surface area contributed by atoms with Gasteiger partial charge in [0.15, 0.2) is 0 Å². The Morgan fingerprint density at radius 2 is 1.67 bits per heavy atom. The topological polar surface area (TPSA) is 51.3 Å². The van der Waals surface area contributed by atoms with Crippen molar-refractivity contribution in [3.05, 3.63) is 65.9 Å². The summed E-state index contributed by atoms with van der Waals surface area (Å²) in [4.78, 5) is 15.1. The monoisotopic (exact) mass is 375 g/mol. The highest BCUT2D eigenvalue weighted by molar-refractivity contribution is 5.97. The molecule has 0 aliphatic carbocycles. The summed E-state index contributed by atoms with van der Waals surface area (Å²) in [5, 5.41) is 0. The van der Waals surface area contributed by atoms with Gasteiger partial charge in [0.2, 0.25) is 0 Å². The number of esters is 1. The van der Waals surface area contributed by atoms with Crippen LogP contribution in [0, 0.1) is 0 Å². The molecule has 0 fully saturated rings. The van der Waals surface area contributed by atoms with Crippen molar-refractivity contribution in [2.24, 2.45) is 0 Å². The molecule has 1 N–H and O–H groups in total. The van der Waals surface area contributed by atoms with E-state index < -0.39 is 17.7 Å². The fraction of sp³-hybridized carbons (Fsp3) is 0.150. The number of aromatic nitrogens is 1. The van der Waals surface area contributed by atoms with Gasteiger partial charge in [-0.05, 0) is 35.9 Å². The number of alkyl halides is 3. The number of halogens is 3. The van der Waals surface area contributed by atoms with E-state index in [1.54, 1.807) is 31.4 Å². The van der Waals surface area contributed by atoms with E-state index >= 15 is 0 Å². The van der Waals surface area contributed by atoms with Crippen molar-refractivity contribution in [1.29, 1.82) is 0 Å². The molecule has 0 saturated heterocycles. The molecule has 1 aromatic heterocycles. The first-order valence-electron chi connectivity index (χ1n) is 7.97. The second-order valence-corrected chi connectivity index (χ2v) is 5.77. The van der Waals surface area contributed by atoms with Crippen molar-refractivity contribution in [3.8, 4) is 28.1 Å². The molecular formula is C20H16F3NO3. The minimum absolute atomic E-state index is 0.162. The molecule has 3 aromatic rings. The number of ether oxygens (including phenoxy) is 2. The predicted octanol–water partition coefficient (Wildman–Crippen LogP) is 5.16. The molecule has 0 aliphatic rings. The number of hydrogen-bond acceptors (Lipinski definition) is 3. The lowest BCUT2D eigenvalue weighted by Gasteiger charge is -2.07. The minimum Gasteiger partial charge on any atom is -0.497 e. The molecule has 0 bridgehead atoms. The Labute approximate surface area is 153 Å². The van der Waals surface area contributed by atoms with Gasteiger partial charge in [-0.15, -0.1) is 0 Å². The third-order valence-corrected chi connectivity index (χ3v) is 4.11. The Bertz CT molecular complexity index is 959. The molecule has 0 aliphatic heterocycles. The Hall–Kier alpha value is -3.22. The van der Waals surface area contributed by atoms with E-state index in [0.717, 1.165) is 17.7 Å². The van der Waals surface area contributed by atoms with Crippen molar-refractivity contribution >= 4 is 5.97 Å². The minimum atomic E-state index is -4.42. The van der Waals surface area contributed by atoms with E-state index in [1.807, 2.05) is 6.07 Å². The van der Waals surface area contributed by atoms with Gasteiger partial charge in [0.1, 0.15) is 11.4 Å². The molecule has 0 atom stereocenters. The number of methoxy groups -OCH3 is 2. The fourth-order valence-corrected chi connectivity index (χ4v) is 2.73. The van der Waals surface area contributed by atoms with Crippen LogP contribution in [0.5, 0.6) is 5.75 Å². The quantitative estimate of drug-likeness (QED) is 0.641. The Morgan fingerprint density at radius 1 is 0.963 bits per heavy atom. The van der Waals surface area contributed by atoms with E-state index in [0.29, 0.717) is 22.6 Å². The molecule has 27 heavy (non-hydrogen) atoms. The summed E-state index contributed by atoms with van der Waals surface area (Å²) in [6.45, 7) is 0. The van der Waals surface area contributed by atoms with Gasteiger partial charge in [0, 0.05) is 16.8 Å². The van der Waals surface area contributed by atoms with E-state index in [-0.39, 0.29) is 5.69 Å². The highest BCUT2D eigenvalue weighted by Gasteiger charge is 2.30. The summed E-state index contributed by atoms with van der Waals surface area (Å²) in [5.41, 5.74) is 1.70. The highest BCUT2D eigenvalue weighted by atomic mass is 19.4. The molecule has 2 aromatic carbocycles. The second kappa shape index (κ2) is 7.19. The van der Waals surface area contributed by atoms with Gasteiger partial charge in [-0.2, -0.15) is 13.2 Å². The molecule has 0 unspecified atom stereocenters. The van der Waals surface area contributed by atoms with Crippen LogP contribution in [0.2, 0.25) is 0 Å². The number of hydrogen-bond donors (Lipinski definition) is 1. The molecular weight excluding hydrogens is 359 g/mol. The number of carbonyl (C=O) groups excluding carboxylic acids is 1. The summed E-state index contributed by atoms with van der Waals surface area (Å²) >= 11 is 0. The average molecular weight is 375 g/mol. The normalized spacial score (nSPS) is 11.3. The lowest BCUT2D eigenvalue weighted by molar-refractivity contribution is -0.137. The van der Waals surface area contributed by atoms with Crippen LogP contribution in [-0.4, -0.2) is 25.2 Å². The number of benzene rings is 2. The number of rotatable bonds is 4. The molecule has 4 nitrogen and oxygen atoms in total. The smallest absolute Gasteiger partial charge is 0.416 e. The van der Waals surface area contributed by atoms with Gasteiger partial charge in [0.25, 0.3) is 0 Å². The van der Waals surface area contributed by atoms with E-state index in [9.17, 15) is 18.0 Å². The number of H-pyrrole nitrogens is 1. The van der Waals surface area contributed by atoms with Gasteiger partial charge >= 0.3 is 12.1 Å². The summed E-state index contributed by atoms with van der Waals surface area (Å²) < 4.78 is 48.4. The largest absolute Gasteiger partial charge is 0.497 e. The first-order valence-corrected chi connectivity index (χ1v) is 7.97.